The lowest BCUT2D eigenvalue weighted by atomic mass is 9.92. The van der Waals surface area contributed by atoms with Gasteiger partial charge in [-0.2, -0.15) is 5.10 Å². The number of nitrogens with one attached hydrogen (secondary N) is 3. The minimum Gasteiger partial charge on any atom is -0.444 e. The second-order valence-electron chi connectivity index (χ2n) is 8.79. The first-order valence-electron chi connectivity index (χ1n) is 11.3. The van der Waals surface area contributed by atoms with E-state index in [0.717, 1.165) is 5.56 Å². The van der Waals surface area contributed by atoms with Crippen molar-refractivity contribution < 1.29 is 17.9 Å². The molecule has 2 aliphatic rings. The van der Waals surface area contributed by atoms with E-state index >= 15 is 0 Å². The molecule has 4 rings (SSSR count). The van der Waals surface area contributed by atoms with E-state index in [2.05, 4.69) is 20.2 Å². The van der Waals surface area contributed by atoms with Crippen molar-refractivity contribution in [1.82, 2.24) is 20.2 Å². The van der Waals surface area contributed by atoms with Gasteiger partial charge in [-0.05, 0) is 50.3 Å². The van der Waals surface area contributed by atoms with Crippen LogP contribution in [-0.4, -0.2) is 56.0 Å². The standard InChI is InChI=1S/C22H28ClN5O5S/c1-14-3-2-4-18(11-14)34(31,32)27-16-7-5-15(6-8-16)25-22(30)33-17-9-10-28(13-17)19-12-24-26-21(29)20(19)23/h2-4,11-12,15-17,27H,5-10,13H2,1H3,(H,25,30)(H,26,29)/t15?,16?,17-/m1/s1. The Morgan fingerprint density at radius 1 is 1.21 bits per heavy atom. The second kappa shape index (κ2) is 10.3. The summed E-state index contributed by atoms with van der Waals surface area (Å²) in [5.74, 6) is 0. The minimum atomic E-state index is -3.57. The molecule has 0 unspecified atom stereocenters. The Bertz CT molecular complexity index is 1200. The number of hydrogen-bond acceptors (Lipinski definition) is 7. The Morgan fingerprint density at radius 2 is 1.94 bits per heavy atom. The van der Waals surface area contributed by atoms with Gasteiger partial charge in [-0.1, -0.05) is 23.7 Å². The molecule has 12 heteroatoms. The van der Waals surface area contributed by atoms with Crippen molar-refractivity contribution in [3.05, 3.63) is 51.4 Å². The fourth-order valence-corrected chi connectivity index (χ4v) is 6.04. The van der Waals surface area contributed by atoms with Crippen molar-refractivity contribution in [2.24, 2.45) is 0 Å². The molecule has 2 heterocycles. The van der Waals surface area contributed by atoms with Gasteiger partial charge in [0.15, 0.2) is 0 Å². The molecule has 1 aromatic heterocycles. The van der Waals surface area contributed by atoms with Crippen LogP contribution in [0.15, 0.2) is 40.2 Å². The van der Waals surface area contributed by atoms with Crippen LogP contribution in [-0.2, 0) is 14.8 Å². The van der Waals surface area contributed by atoms with Crippen LogP contribution in [0.1, 0.15) is 37.7 Å². The molecule has 1 amide bonds. The van der Waals surface area contributed by atoms with Gasteiger partial charge in [0.25, 0.3) is 5.56 Å². The molecule has 2 aromatic rings. The lowest BCUT2D eigenvalue weighted by Crippen LogP contribution is -2.44. The highest BCUT2D eigenvalue weighted by Crippen LogP contribution is 2.26. The predicted octanol–water partition coefficient (Wildman–Crippen LogP) is 2.33. The van der Waals surface area contributed by atoms with E-state index in [1.54, 1.807) is 18.2 Å². The lowest BCUT2D eigenvalue weighted by Gasteiger charge is -2.29. The van der Waals surface area contributed by atoms with Crippen LogP contribution >= 0.6 is 11.6 Å². The molecule has 10 nitrogen and oxygen atoms in total. The van der Waals surface area contributed by atoms with Gasteiger partial charge in [-0.25, -0.2) is 23.0 Å². The van der Waals surface area contributed by atoms with Crippen molar-refractivity contribution in [3.63, 3.8) is 0 Å². The molecule has 1 aliphatic heterocycles. The molecule has 1 aliphatic carbocycles. The van der Waals surface area contributed by atoms with E-state index in [1.807, 2.05) is 17.9 Å². The summed E-state index contributed by atoms with van der Waals surface area (Å²) in [6.07, 6.45) is 3.84. The molecule has 1 aromatic carbocycles. The number of carbonyl (C=O) groups excluding carboxylic acids is 1. The van der Waals surface area contributed by atoms with Crippen molar-refractivity contribution in [3.8, 4) is 0 Å². The fourth-order valence-electron chi connectivity index (χ4n) is 4.42. The number of H-pyrrole nitrogens is 1. The van der Waals surface area contributed by atoms with Crippen LogP contribution in [0.5, 0.6) is 0 Å². The first-order chi connectivity index (χ1) is 16.2. The number of carbonyl (C=O) groups is 1. The van der Waals surface area contributed by atoms with Crippen LogP contribution < -0.4 is 20.5 Å². The maximum Gasteiger partial charge on any atom is 0.407 e. The summed E-state index contributed by atoms with van der Waals surface area (Å²) in [6.45, 7) is 2.87. The third-order valence-electron chi connectivity index (χ3n) is 6.21. The van der Waals surface area contributed by atoms with Crippen LogP contribution in [0, 0.1) is 6.92 Å². The lowest BCUT2D eigenvalue weighted by molar-refractivity contribution is 0.102. The zero-order valence-electron chi connectivity index (χ0n) is 18.8. The van der Waals surface area contributed by atoms with Gasteiger partial charge in [0.2, 0.25) is 10.0 Å². The van der Waals surface area contributed by atoms with Crippen molar-refractivity contribution in [2.75, 3.05) is 18.0 Å². The number of hydrogen-bond donors (Lipinski definition) is 3. The average molecular weight is 510 g/mol. The largest absolute Gasteiger partial charge is 0.444 e. The second-order valence-corrected chi connectivity index (χ2v) is 10.9. The van der Waals surface area contributed by atoms with Gasteiger partial charge in [0.05, 0.1) is 23.3 Å². The maximum absolute atomic E-state index is 12.6. The molecular formula is C22H28ClN5O5S. The topological polar surface area (TPSA) is 133 Å². The van der Waals surface area contributed by atoms with Crippen molar-refractivity contribution in [1.29, 1.82) is 0 Å². The molecule has 2 fully saturated rings. The number of amides is 1. The zero-order chi connectivity index (χ0) is 24.3. The van der Waals surface area contributed by atoms with E-state index in [0.29, 0.717) is 50.9 Å². The third-order valence-corrected chi connectivity index (χ3v) is 8.09. The van der Waals surface area contributed by atoms with E-state index in [9.17, 15) is 18.0 Å². The number of aromatic nitrogens is 2. The van der Waals surface area contributed by atoms with Gasteiger partial charge in [0, 0.05) is 25.0 Å². The van der Waals surface area contributed by atoms with Crippen molar-refractivity contribution >= 4 is 33.4 Å². The number of sulfonamides is 1. The number of rotatable bonds is 6. The molecule has 34 heavy (non-hydrogen) atoms. The van der Waals surface area contributed by atoms with Gasteiger partial charge >= 0.3 is 6.09 Å². The van der Waals surface area contributed by atoms with Crippen LogP contribution in [0.4, 0.5) is 10.5 Å². The van der Waals surface area contributed by atoms with E-state index < -0.39 is 21.7 Å². The van der Waals surface area contributed by atoms with Crippen molar-refractivity contribution in [2.45, 2.75) is 62.1 Å². The summed E-state index contributed by atoms with van der Waals surface area (Å²) in [7, 11) is -3.57. The quantitative estimate of drug-likeness (QED) is 0.544. The maximum atomic E-state index is 12.6. The first-order valence-corrected chi connectivity index (χ1v) is 13.1. The Labute approximate surface area is 203 Å². The van der Waals surface area contributed by atoms with Gasteiger partial charge < -0.3 is 15.0 Å². The number of anilines is 1. The molecule has 0 bridgehead atoms. The number of alkyl carbamates (subject to hydrolysis) is 1. The highest BCUT2D eigenvalue weighted by Gasteiger charge is 2.30. The predicted molar refractivity (Wildman–Crippen MR) is 128 cm³/mol. The molecule has 1 saturated carbocycles. The molecule has 1 atom stereocenters. The van der Waals surface area contributed by atoms with Crippen LogP contribution in [0.25, 0.3) is 0 Å². The van der Waals surface area contributed by atoms with E-state index in [-0.39, 0.29) is 28.1 Å². The molecule has 184 valence electrons. The molecule has 0 spiro atoms. The first kappa shape index (κ1) is 24.5. The summed E-state index contributed by atoms with van der Waals surface area (Å²) < 4.78 is 33.6. The van der Waals surface area contributed by atoms with Gasteiger partial charge in [-0.3, -0.25) is 4.79 Å². The average Bonchev–Trinajstić information content (AvgIpc) is 3.25. The number of benzene rings is 1. The Balaban J connectivity index is 1.22. The normalized spacial score (nSPS) is 23.0. The summed E-state index contributed by atoms with van der Waals surface area (Å²) in [5, 5.41) is 9.01. The van der Waals surface area contributed by atoms with E-state index in [4.69, 9.17) is 16.3 Å². The smallest absolute Gasteiger partial charge is 0.407 e. The third kappa shape index (κ3) is 5.89. The number of aryl methyl sites for hydroxylation is 1. The SMILES string of the molecule is Cc1cccc(S(=O)(=O)NC2CCC(NC(=O)O[C@@H]3CCN(c4cn[nH]c(=O)c4Cl)C3)CC2)c1. The van der Waals surface area contributed by atoms with Gasteiger partial charge in [-0.15, -0.1) is 0 Å². The number of ether oxygens (including phenoxy) is 1. The summed E-state index contributed by atoms with van der Waals surface area (Å²) in [4.78, 5) is 26.2. The summed E-state index contributed by atoms with van der Waals surface area (Å²) in [5.41, 5.74) is 0.943. The number of halogens is 1. The molecule has 0 radical (unpaired) electrons. The Hall–Kier alpha value is -2.63. The summed E-state index contributed by atoms with van der Waals surface area (Å²) in [6, 6.07) is 6.57. The summed E-state index contributed by atoms with van der Waals surface area (Å²) >= 11 is 6.06. The highest BCUT2D eigenvalue weighted by atomic mass is 35.5. The van der Waals surface area contributed by atoms with Gasteiger partial charge in [0.1, 0.15) is 11.1 Å². The fraction of sp³-hybridized carbons (Fsp3) is 0.500. The van der Waals surface area contributed by atoms with E-state index in [1.165, 1.54) is 6.20 Å². The number of nitrogens with zero attached hydrogens (tertiary/aromatic N) is 2. The molecule has 1 saturated heterocycles. The Kier molecular flexibility index (Phi) is 7.44. The van der Waals surface area contributed by atoms with Crippen LogP contribution in [0.2, 0.25) is 5.02 Å². The molecule has 3 N–H and O–H groups in total. The highest BCUT2D eigenvalue weighted by molar-refractivity contribution is 7.89. The van der Waals surface area contributed by atoms with Crippen LogP contribution in [0.3, 0.4) is 0 Å². The Morgan fingerprint density at radius 3 is 2.68 bits per heavy atom. The molecular weight excluding hydrogens is 482 g/mol. The monoisotopic (exact) mass is 509 g/mol. The number of aromatic amines is 1. The minimum absolute atomic E-state index is 0.0647. The zero-order valence-corrected chi connectivity index (χ0v) is 20.4.